The number of hydrogen-bond donors (Lipinski definition) is 2. The maximum absolute atomic E-state index is 11.6. The molecule has 88 valence electrons. The Bertz CT molecular complexity index is 305. The third kappa shape index (κ3) is 3.74. The summed E-state index contributed by atoms with van der Waals surface area (Å²) in [6, 6.07) is 0.787. The van der Waals surface area contributed by atoms with Gasteiger partial charge >= 0.3 is 0 Å². The van der Waals surface area contributed by atoms with Crippen LogP contribution in [0.5, 0.6) is 0 Å². The summed E-state index contributed by atoms with van der Waals surface area (Å²) in [5.74, 6) is 0.899. The molecule has 2 rings (SSSR count). The minimum absolute atomic E-state index is 0.200. The highest BCUT2D eigenvalue weighted by Crippen LogP contribution is 2.26. The molecule has 0 aliphatic heterocycles. The van der Waals surface area contributed by atoms with Crippen LogP contribution in [-0.4, -0.2) is 32.8 Å². The standard InChI is InChI=1S/C10H20N2O2S/c1-8-6-10(7-8)12-15(13,14)5-4-11-9-2-3-9/h8-12H,2-7H2,1H3. The van der Waals surface area contributed by atoms with E-state index >= 15 is 0 Å². The molecule has 0 saturated heterocycles. The summed E-state index contributed by atoms with van der Waals surface area (Å²) < 4.78 is 25.9. The van der Waals surface area contributed by atoms with E-state index in [9.17, 15) is 8.42 Å². The molecule has 2 aliphatic rings. The number of hydrogen-bond acceptors (Lipinski definition) is 3. The Balaban J connectivity index is 1.64. The number of rotatable bonds is 6. The smallest absolute Gasteiger partial charge is 0.213 e. The molecule has 2 fully saturated rings. The molecular weight excluding hydrogens is 212 g/mol. The fraction of sp³-hybridized carbons (Fsp3) is 1.00. The van der Waals surface area contributed by atoms with E-state index in [1.54, 1.807) is 0 Å². The second kappa shape index (κ2) is 4.39. The summed E-state index contributed by atoms with van der Waals surface area (Å²) in [5, 5.41) is 3.21. The lowest BCUT2D eigenvalue weighted by Crippen LogP contribution is -2.45. The van der Waals surface area contributed by atoms with E-state index in [1.165, 1.54) is 12.8 Å². The van der Waals surface area contributed by atoms with Gasteiger partial charge in [0.05, 0.1) is 5.75 Å². The van der Waals surface area contributed by atoms with Crippen LogP contribution in [0.1, 0.15) is 32.6 Å². The van der Waals surface area contributed by atoms with Crippen LogP contribution in [0.3, 0.4) is 0 Å². The van der Waals surface area contributed by atoms with Gasteiger partial charge in [-0.3, -0.25) is 0 Å². The molecular formula is C10H20N2O2S. The second-order valence-electron chi connectivity index (χ2n) is 4.94. The second-order valence-corrected chi connectivity index (χ2v) is 6.81. The molecule has 0 unspecified atom stereocenters. The zero-order chi connectivity index (χ0) is 10.9. The lowest BCUT2D eigenvalue weighted by Gasteiger charge is -2.32. The molecule has 15 heavy (non-hydrogen) atoms. The summed E-state index contributed by atoms with van der Waals surface area (Å²) in [7, 11) is -3.05. The fourth-order valence-corrected chi connectivity index (χ4v) is 3.20. The maximum Gasteiger partial charge on any atom is 0.213 e. The van der Waals surface area contributed by atoms with Crippen molar-refractivity contribution >= 4 is 10.0 Å². The Kier molecular flexibility index (Phi) is 3.33. The molecule has 0 aromatic heterocycles. The first-order valence-corrected chi connectivity index (χ1v) is 7.44. The molecule has 5 heteroatoms. The van der Waals surface area contributed by atoms with Crippen molar-refractivity contribution in [3.05, 3.63) is 0 Å². The van der Waals surface area contributed by atoms with Crippen molar-refractivity contribution < 1.29 is 8.42 Å². The van der Waals surface area contributed by atoms with E-state index in [4.69, 9.17) is 0 Å². The van der Waals surface area contributed by atoms with Crippen molar-refractivity contribution in [2.75, 3.05) is 12.3 Å². The van der Waals surface area contributed by atoms with Gasteiger partial charge in [-0.05, 0) is 31.6 Å². The molecule has 0 radical (unpaired) electrons. The average molecular weight is 232 g/mol. The fourth-order valence-electron chi connectivity index (χ4n) is 2.00. The van der Waals surface area contributed by atoms with Gasteiger partial charge in [-0.15, -0.1) is 0 Å². The molecule has 4 nitrogen and oxygen atoms in total. The van der Waals surface area contributed by atoms with Gasteiger partial charge in [0.2, 0.25) is 10.0 Å². The van der Waals surface area contributed by atoms with Crippen LogP contribution in [0.2, 0.25) is 0 Å². The molecule has 0 aromatic rings. The van der Waals surface area contributed by atoms with Gasteiger partial charge in [0.25, 0.3) is 0 Å². The van der Waals surface area contributed by atoms with Crippen molar-refractivity contribution in [3.8, 4) is 0 Å². The zero-order valence-electron chi connectivity index (χ0n) is 9.20. The maximum atomic E-state index is 11.6. The summed E-state index contributed by atoms with van der Waals surface area (Å²) in [6.07, 6.45) is 4.39. The molecule has 0 spiro atoms. The minimum Gasteiger partial charge on any atom is -0.313 e. The van der Waals surface area contributed by atoms with Gasteiger partial charge in [-0.2, -0.15) is 0 Å². The highest BCUT2D eigenvalue weighted by atomic mass is 32.2. The largest absolute Gasteiger partial charge is 0.313 e. The molecule has 0 atom stereocenters. The lowest BCUT2D eigenvalue weighted by atomic mass is 9.83. The van der Waals surface area contributed by atoms with Crippen molar-refractivity contribution in [2.24, 2.45) is 5.92 Å². The topological polar surface area (TPSA) is 58.2 Å². The van der Waals surface area contributed by atoms with Gasteiger partial charge < -0.3 is 5.32 Å². The van der Waals surface area contributed by atoms with Crippen LogP contribution in [0.15, 0.2) is 0 Å². The highest BCUT2D eigenvalue weighted by molar-refractivity contribution is 7.89. The van der Waals surface area contributed by atoms with E-state index in [0.717, 1.165) is 12.8 Å². The van der Waals surface area contributed by atoms with Crippen LogP contribution in [0, 0.1) is 5.92 Å². The first-order valence-electron chi connectivity index (χ1n) is 5.78. The molecule has 0 aromatic carbocycles. The van der Waals surface area contributed by atoms with E-state index in [-0.39, 0.29) is 11.8 Å². The summed E-state index contributed by atoms with van der Waals surface area (Å²) in [6.45, 7) is 2.74. The van der Waals surface area contributed by atoms with Crippen molar-refractivity contribution in [1.82, 2.24) is 10.0 Å². The van der Waals surface area contributed by atoms with Gasteiger partial charge in [-0.25, -0.2) is 13.1 Å². The first-order chi connectivity index (χ1) is 7.05. The molecule has 0 amide bonds. The summed E-state index contributed by atoms with van der Waals surface area (Å²) in [5.41, 5.74) is 0. The van der Waals surface area contributed by atoms with Crippen LogP contribution < -0.4 is 10.0 Å². The molecule has 2 N–H and O–H groups in total. The van der Waals surface area contributed by atoms with E-state index in [2.05, 4.69) is 17.0 Å². The average Bonchev–Trinajstić information content (AvgIpc) is 2.84. The normalized spacial score (nSPS) is 31.3. The predicted molar refractivity (Wildman–Crippen MR) is 60.1 cm³/mol. The Labute approximate surface area is 91.9 Å². The first kappa shape index (κ1) is 11.4. The van der Waals surface area contributed by atoms with Crippen molar-refractivity contribution in [2.45, 2.75) is 44.7 Å². The van der Waals surface area contributed by atoms with Crippen molar-refractivity contribution in [3.63, 3.8) is 0 Å². The third-order valence-corrected chi connectivity index (χ3v) is 4.54. The third-order valence-electron chi connectivity index (χ3n) is 3.10. The van der Waals surface area contributed by atoms with Gasteiger partial charge in [0.15, 0.2) is 0 Å². The summed E-state index contributed by atoms with van der Waals surface area (Å²) in [4.78, 5) is 0. The van der Waals surface area contributed by atoms with E-state index in [1.807, 2.05) is 0 Å². The SMILES string of the molecule is CC1CC(NS(=O)(=O)CCNC2CC2)C1. The van der Waals surface area contributed by atoms with Crippen molar-refractivity contribution in [1.29, 1.82) is 0 Å². The zero-order valence-corrected chi connectivity index (χ0v) is 10.0. The van der Waals surface area contributed by atoms with Crippen LogP contribution >= 0.6 is 0 Å². The lowest BCUT2D eigenvalue weighted by molar-refractivity contribution is 0.270. The van der Waals surface area contributed by atoms with Gasteiger partial charge in [-0.1, -0.05) is 6.92 Å². The van der Waals surface area contributed by atoms with Crippen LogP contribution in [0.25, 0.3) is 0 Å². The molecule has 2 aliphatic carbocycles. The number of nitrogens with one attached hydrogen (secondary N) is 2. The van der Waals surface area contributed by atoms with Crippen LogP contribution in [-0.2, 0) is 10.0 Å². The summed E-state index contributed by atoms with van der Waals surface area (Å²) >= 11 is 0. The quantitative estimate of drug-likeness (QED) is 0.699. The Morgan fingerprint density at radius 2 is 1.87 bits per heavy atom. The minimum atomic E-state index is -3.05. The predicted octanol–water partition coefficient (Wildman–Crippen LogP) is 0.456. The Morgan fingerprint density at radius 3 is 2.40 bits per heavy atom. The van der Waals surface area contributed by atoms with Crippen LogP contribution in [0.4, 0.5) is 0 Å². The molecule has 0 bridgehead atoms. The molecule has 0 heterocycles. The van der Waals surface area contributed by atoms with Gasteiger partial charge in [0, 0.05) is 18.6 Å². The number of sulfonamides is 1. The van der Waals surface area contributed by atoms with E-state index in [0.29, 0.717) is 18.5 Å². The Morgan fingerprint density at radius 1 is 1.20 bits per heavy atom. The van der Waals surface area contributed by atoms with Gasteiger partial charge in [0.1, 0.15) is 0 Å². The van der Waals surface area contributed by atoms with E-state index < -0.39 is 10.0 Å². The molecule has 2 saturated carbocycles. The highest BCUT2D eigenvalue weighted by Gasteiger charge is 2.29. The monoisotopic (exact) mass is 232 g/mol. The Hall–Kier alpha value is -0.130.